The molecule has 2 unspecified atom stereocenters. The molecule has 6 nitrogen and oxygen atoms in total. The maximum Gasteiger partial charge on any atom is 0.231 e. The molecule has 2 fully saturated rings. The molecule has 2 aromatic rings. The van der Waals surface area contributed by atoms with E-state index in [9.17, 15) is 14.0 Å². The Kier molecular flexibility index (Phi) is 9.80. The first-order valence-electron chi connectivity index (χ1n) is 13.7. The molecule has 2 aromatic carbocycles. The molecular formula is C30H40ClFN4O2. The van der Waals surface area contributed by atoms with Crippen molar-refractivity contribution in [2.75, 3.05) is 50.7 Å². The molecule has 2 amide bonds. The van der Waals surface area contributed by atoms with Crippen LogP contribution in [0.1, 0.15) is 44.2 Å². The van der Waals surface area contributed by atoms with Gasteiger partial charge in [-0.3, -0.25) is 19.4 Å². The second kappa shape index (κ2) is 13.0. The third kappa shape index (κ3) is 7.33. The maximum atomic E-state index is 13.7. The van der Waals surface area contributed by atoms with E-state index >= 15 is 0 Å². The Morgan fingerprint density at radius 1 is 1.08 bits per heavy atom. The Balaban J connectivity index is 1.36. The molecule has 0 radical (unpaired) electrons. The number of piperazine rings is 1. The highest BCUT2D eigenvalue weighted by atomic mass is 35.5. The second-order valence-corrected chi connectivity index (χ2v) is 11.2. The molecule has 0 spiro atoms. The molecule has 4 rings (SSSR count). The van der Waals surface area contributed by atoms with Gasteiger partial charge in [0.2, 0.25) is 11.8 Å². The fraction of sp³-hybridized carbons (Fsp3) is 0.533. The number of anilines is 1. The van der Waals surface area contributed by atoms with Crippen molar-refractivity contribution in [2.45, 2.75) is 52.6 Å². The van der Waals surface area contributed by atoms with Crippen LogP contribution in [0.25, 0.3) is 0 Å². The van der Waals surface area contributed by atoms with E-state index in [1.165, 1.54) is 12.1 Å². The normalized spacial score (nSPS) is 20.9. The molecule has 0 saturated carbocycles. The number of nitrogens with zero attached hydrogens (tertiary/aromatic N) is 4. The molecule has 38 heavy (non-hydrogen) atoms. The van der Waals surface area contributed by atoms with Gasteiger partial charge in [-0.25, -0.2) is 4.39 Å². The first-order valence-corrected chi connectivity index (χ1v) is 14.1. The highest BCUT2D eigenvalue weighted by molar-refractivity contribution is 6.31. The maximum absolute atomic E-state index is 13.7. The summed E-state index contributed by atoms with van der Waals surface area (Å²) >= 11 is 6.45. The molecule has 0 aliphatic carbocycles. The molecule has 2 atom stereocenters. The van der Waals surface area contributed by atoms with Crippen molar-refractivity contribution >= 4 is 29.1 Å². The predicted molar refractivity (Wildman–Crippen MR) is 151 cm³/mol. The summed E-state index contributed by atoms with van der Waals surface area (Å²) in [5.41, 5.74) is 2.93. The van der Waals surface area contributed by atoms with E-state index in [-0.39, 0.29) is 23.5 Å². The molecular weight excluding hydrogens is 503 g/mol. The fourth-order valence-electron chi connectivity index (χ4n) is 5.63. The number of hydrogen-bond donors (Lipinski definition) is 0. The first kappa shape index (κ1) is 28.5. The molecule has 2 aliphatic heterocycles. The summed E-state index contributed by atoms with van der Waals surface area (Å²) in [4.78, 5) is 34.3. The number of amides is 2. The molecule has 206 valence electrons. The highest BCUT2D eigenvalue weighted by Crippen LogP contribution is 2.27. The van der Waals surface area contributed by atoms with Crippen molar-refractivity contribution in [3.8, 4) is 0 Å². The molecule has 0 aromatic heterocycles. The zero-order chi connectivity index (χ0) is 27.2. The number of halogens is 2. The van der Waals surface area contributed by atoms with Crippen LogP contribution in [0.5, 0.6) is 0 Å². The van der Waals surface area contributed by atoms with E-state index < -0.39 is 0 Å². The van der Waals surface area contributed by atoms with Crippen LogP contribution in [0.2, 0.25) is 5.02 Å². The standard InChI is InChI=1S/C30H40ClFN4O2/c1-22-7-12-28(18-29(22)31)36(30(38)26-6-4-13-35(21-26)24(3)37)15-5-14-34-17-16-33(19-23(34)2)20-25-8-10-27(32)11-9-25/h7-12,18,23,26H,4-6,13-17,19-21H2,1-3H3. The van der Waals surface area contributed by atoms with Gasteiger partial charge in [0.05, 0.1) is 5.92 Å². The van der Waals surface area contributed by atoms with Crippen LogP contribution in [0.3, 0.4) is 0 Å². The third-order valence-electron chi connectivity index (χ3n) is 7.94. The van der Waals surface area contributed by atoms with Crippen molar-refractivity contribution in [3.05, 3.63) is 64.4 Å². The van der Waals surface area contributed by atoms with Gasteiger partial charge in [0.15, 0.2) is 0 Å². The average Bonchev–Trinajstić information content (AvgIpc) is 2.90. The minimum Gasteiger partial charge on any atom is -0.342 e. The van der Waals surface area contributed by atoms with Crippen LogP contribution >= 0.6 is 11.6 Å². The highest BCUT2D eigenvalue weighted by Gasteiger charge is 2.31. The lowest BCUT2D eigenvalue weighted by Gasteiger charge is -2.40. The van der Waals surface area contributed by atoms with Gasteiger partial charge in [-0.05, 0) is 68.5 Å². The SMILES string of the molecule is CC(=O)N1CCCC(C(=O)N(CCCN2CCN(Cc3ccc(F)cc3)CC2C)c2ccc(C)c(Cl)c2)C1. The number of aryl methyl sites for hydroxylation is 1. The number of rotatable bonds is 8. The van der Waals surface area contributed by atoms with Crippen LogP contribution < -0.4 is 4.90 Å². The zero-order valence-electron chi connectivity index (χ0n) is 22.8. The van der Waals surface area contributed by atoms with E-state index in [4.69, 9.17) is 11.6 Å². The molecule has 2 aliphatic rings. The average molecular weight is 543 g/mol. The topological polar surface area (TPSA) is 47.1 Å². The molecule has 2 heterocycles. The number of carbonyl (C=O) groups is 2. The van der Waals surface area contributed by atoms with Gasteiger partial charge in [0.1, 0.15) is 5.82 Å². The zero-order valence-corrected chi connectivity index (χ0v) is 23.6. The summed E-state index contributed by atoms with van der Waals surface area (Å²) in [6.07, 6.45) is 2.49. The minimum atomic E-state index is -0.202. The molecule has 0 N–H and O–H groups in total. The van der Waals surface area contributed by atoms with Gasteiger partial charge in [0, 0.05) is 76.0 Å². The summed E-state index contributed by atoms with van der Waals surface area (Å²) in [6, 6.07) is 13.0. The Labute approximate surface area is 231 Å². The van der Waals surface area contributed by atoms with Crippen molar-refractivity contribution in [2.24, 2.45) is 5.92 Å². The molecule has 8 heteroatoms. The lowest BCUT2D eigenvalue weighted by molar-refractivity contribution is -0.133. The number of piperidine rings is 1. The first-order chi connectivity index (χ1) is 18.2. The number of likely N-dealkylation sites (tertiary alicyclic amines) is 1. The fourth-order valence-corrected chi connectivity index (χ4v) is 5.80. The van der Waals surface area contributed by atoms with Crippen molar-refractivity contribution in [1.82, 2.24) is 14.7 Å². The minimum absolute atomic E-state index is 0.0278. The second-order valence-electron chi connectivity index (χ2n) is 10.8. The smallest absolute Gasteiger partial charge is 0.231 e. The molecule has 2 saturated heterocycles. The lowest BCUT2D eigenvalue weighted by atomic mass is 9.96. The van der Waals surface area contributed by atoms with Crippen LogP contribution in [0, 0.1) is 18.7 Å². The van der Waals surface area contributed by atoms with Crippen LogP contribution in [-0.2, 0) is 16.1 Å². The Hall–Kier alpha value is -2.48. The summed E-state index contributed by atoms with van der Waals surface area (Å²) in [6.45, 7) is 12.2. The number of carbonyl (C=O) groups excluding carboxylic acids is 2. The van der Waals surface area contributed by atoms with Crippen LogP contribution in [0.4, 0.5) is 10.1 Å². The van der Waals surface area contributed by atoms with Crippen molar-refractivity contribution in [1.29, 1.82) is 0 Å². The van der Waals surface area contributed by atoms with E-state index in [1.807, 2.05) is 42.2 Å². The van der Waals surface area contributed by atoms with Gasteiger partial charge < -0.3 is 9.80 Å². The van der Waals surface area contributed by atoms with Gasteiger partial charge >= 0.3 is 0 Å². The van der Waals surface area contributed by atoms with Gasteiger partial charge in [-0.2, -0.15) is 0 Å². The third-order valence-corrected chi connectivity index (χ3v) is 8.35. The predicted octanol–water partition coefficient (Wildman–Crippen LogP) is 4.98. The largest absolute Gasteiger partial charge is 0.342 e. The summed E-state index contributed by atoms with van der Waals surface area (Å²) in [5, 5.41) is 0.653. The van der Waals surface area contributed by atoms with E-state index in [0.717, 1.165) is 75.3 Å². The van der Waals surface area contributed by atoms with Crippen molar-refractivity contribution in [3.63, 3.8) is 0 Å². The summed E-state index contributed by atoms with van der Waals surface area (Å²) in [7, 11) is 0. The monoisotopic (exact) mass is 542 g/mol. The summed E-state index contributed by atoms with van der Waals surface area (Å²) < 4.78 is 13.2. The van der Waals surface area contributed by atoms with Gasteiger partial charge in [0.25, 0.3) is 0 Å². The number of benzene rings is 2. The number of hydrogen-bond acceptors (Lipinski definition) is 4. The lowest BCUT2D eigenvalue weighted by Crippen LogP contribution is -2.52. The quantitative estimate of drug-likeness (QED) is 0.472. The van der Waals surface area contributed by atoms with Crippen LogP contribution in [0.15, 0.2) is 42.5 Å². The van der Waals surface area contributed by atoms with E-state index in [2.05, 4.69) is 16.7 Å². The van der Waals surface area contributed by atoms with Gasteiger partial charge in [-0.1, -0.05) is 29.8 Å². The Bertz CT molecular complexity index is 1110. The van der Waals surface area contributed by atoms with E-state index in [0.29, 0.717) is 24.2 Å². The van der Waals surface area contributed by atoms with Crippen molar-refractivity contribution < 1.29 is 14.0 Å². The summed E-state index contributed by atoms with van der Waals surface area (Å²) in [5.74, 6) is -0.290. The molecule has 0 bridgehead atoms. The Morgan fingerprint density at radius 3 is 2.53 bits per heavy atom. The van der Waals surface area contributed by atoms with Gasteiger partial charge in [-0.15, -0.1) is 0 Å². The van der Waals surface area contributed by atoms with E-state index in [1.54, 1.807) is 11.8 Å². The van der Waals surface area contributed by atoms with Crippen LogP contribution in [-0.4, -0.2) is 78.4 Å². The Morgan fingerprint density at radius 2 is 1.84 bits per heavy atom.